The van der Waals surface area contributed by atoms with Crippen molar-refractivity contribution in [1.29, 1.82) is 0 Å². The fourth-order valence-electron chi connectivity index (χ4n) is 4.14. The van der Waals surface area contributed by atoms with Gasteiger partial charge in [-0.1, -0.05) is 88.2 Å². The molecule has 1 aliphatic heterocycles. The lowest BCUT2D eigenvalue weighted by molar-refractivity contribution is 0.588. The molecule has 1 unspecified atom stereocenters. The maximum Gasteiger partial charge on any atom is 0.143 e. The lowest BCUT2D eigenvalue weighted by Crippen LogP contribution is -2.27. The molecule has 1 saturated heterocycles. The summed E-state index contributed by atoms with van der Waals surface area (Å²) in [5, 5.41) is 1.34. The predicted octanol–water partition coefficient (Wildman–Crippen LogP) is 5.45. The Morgan fingerprint density at radius 3 is 2.45 bits per heavy atom. The van der Waals surface area contributed by atoms with Gasteiger partial charge in [-0.05, 0) is 23.7 Å². The van der Waals surface area contributed by atoms with Crippen molar-refractivity contribution >= 4 is 21.3 Å². The zero-order valence-corrected chi connectivity index (χ0v) is 14.6. The average molecular weight is 288 g/mol. The molecule has 0 bridgehead atoms. The maximum atomic E-state index is 2.87. The molecule has 3 atom stereocenters. The molecule has 110 valence electrons. The molecule has 0 N–H and O–H groups in total. The van der Waals surface area contributed by atoms with Crippen molar-refractivity contribution in [3.63, 3.8) is 0 Å². The third kappa shape index (κ3) is 4.11. The van der Waals surface area contributed by atoms with E-state index in [1.165, 1.54) is 55.6 Å². The fourth-order valence-corrected chi connectivity index (χ4v) is 4.60. The Morgan fingerprint density at radius 2 is 1.85 bits per heavy atom. The Balaban J connectivity index is 2.18. The number of benzene rings is 1. The first-order valence-corrected chi connectivity index (χ1v) is 9.06. The lowest BCUT2D eigenvalue weighted by atomic mass is 9.32. The van der Waals surface area contributed by atoms with Crippen LogP contribution in [0, 0.1) is 6.92 Å². The maximum absolute atomic E-state index is 2.87. The van der Waals surface area contributed by atoms with E-state index in [0.717, 1.165) is 12.5 Å². The Labute approximate surface area is 128 Å². The summed E-state index contributed by atoms with van der Waals surface area (Å²) in [4.78, 5) is 0. The fraction of sp³-hybridized carbons (Fsp3) is 0.667. The minimum Gasteiger partial charge on any atom is -0.106 e. The summed E-state index contributed by atoms with van der Waals surface area (Å²) in [6.07, 6.45) is 10.0. The lowest BCUT2D eigenvalue weighted by Gasteiger charge is -2.33. The number of aryl methyl sites for hydroxylation is 1. The largest absolute Gasteiger partial charge is 0.143 e. The Hall–Kier alpha value is -0.285. The van der Waals surface area contributed by atoms with Crippen molar-refractivity contribution in [3.05, 3.63) is 29.3 Å². The highest BCUT2D eigenvalue weighted by atomic mass is 31.0. The van der Waals surface area contributed by atoms with E-state index < -0.39 is 0 Å². The van der Waals surface area contributed by atoms with Crippen LogP contribution >= 0.6 is 9.24 Å². The number of hydrogen-bond donors (Lipinski definition) is 0. The Morgan fingerprint density at radius 1 is 1.15 bits per heavy atom. The number of hydrogen-bond acceptors (Lipinski definition) is 0. The molecule has 1 heterocycles. The van der Waals surface area contributed by atoms with Crippen molar-refractivity contribution in [2.45, 2.75) is 77.3 Å². The van der Waals surface area contributed by atoms with Gasteiger partial charge in [0.1, 0.15) is 6.71 Å². The minimum atomic E-state index is 0.706. The minimum absolute atomic E-state index is 0.706. The zero-order chi connectivity index (χ0) is 14.5. The summed E-state index contributed by atoms with van der Waals surface area (Å²) in [6, 6.07) is 7.05. The predicted molar refractivity (Wildman–Crippen MR) is 96.8 cm³/mol. The molecule has 1 fully saturated rings. The molecule has 2 rings (SSSR count). The molecule has 0 aromatic heterocycles. The molecule has 0 aliphatic carbocycles. The van der Waals surface area contributed by atoms with Crippen molar-refractivity contribution in [3.8, 4) is 0 Å². The SMILES string of the molecule is CCC[C@H](B1CCCCC1)[C@@H](C)c1cc(C)cc(P)c1. The van der Waals surface area contributed by atoms with E-state index >= 15 is 0 Å². The highest BCUT2D eigenvalue weighted by Gasteiger charge is 2.31. The topological polar surface area (TPSA) is 0 Å². The Kier molecular flexibility index (Phi) is 6.15. The Bertz CT molecular complexity index is 403. The molecule has 1 aliphatic rings. The average Bonchev–Trinajstić information content (AvgIpc) is 2.44. The molecule has 20 heavy (non-hydrogen) atoms. The standard InChI is InChI=1S/C18H30BP/c1-4-8-18(19-9-6-5-7-10-19)15(3)16-11-14(2)12-17(20)13-16/h11-13,15,18H,4-10,20H2,1-3H3/t15-,18-/m0/s1. The van der Waals surface area contributed by atoms with Gasteiger partial charge in [-0.15, -0.1) is 9.24 Å². The van der Waals surface area contributed by atoms with Gasteiger partial charge in [0.2, 0.25) is 0 Å². The molecule has 1 aromatic carbocycles. The van der Waals surface area contributed by atoms with E-state index in [-0.39, 0.29) is 0 Å². The number of rotatable bonds is 5. The molecule has 0 radical (unpaired) electrons. The van der Waals surface area contributed by atoms with E-state index in [2.05, 4.69) is 48.2 Å². The van der Waals surface area contributed by atoms with Gasteiger partial charge in [-0.3, -0.25) is 0 Å². The van der Waals surface area contributed by atoms with Gasteiger partial charge < -0.3 is 0 Å². The highest BCUT2D eigenvalue weighted by Crippen LogP contribution is 2.40. The van der Waals surface area contributed by atoms with Crippen LogP contribution in [-0.2, 0) is 0 Å². The summed E-state index contributed by atoms with van der Waals surface area (Å²) in [7, 11) is 2.87. The van der Waals surface area contributed by atoms with Crippen molar-refractivity contribution in [2.24, 2.45) is 0 Å². The molecule has 0 nitrogen and oxygen atoms in total. The van der Waals surface area contributed by atoms with Crippen LogP contribution in [0.25, 0.3) is 0 Å². The molecular weight excluding hydrogens is 258 g/mol. The first kappa shape index (κ1) is 16.1. The van der Waals surface area contributed by atoms with Crippen LogP contribution in [-0.4, -0.2) is 6.71 Å². The van der Waals surface area contributed by atoms with Crippen LogP contribution in [0.4, 0.5) is 0 Å². The summed E-state index contributed by atoms with van der Waals surface area (Å²) in [6.45, 7) is 8.00. The van der Waals surface area contributed by atoms with E-state index in [4.69, 9.17) is 0 Å². The van der Waals surface area contributed by atoms with Gasteiger partial charge in [-0.2, -0.15) is 0 Å². The monoisotopic (exact) mass is 288 g/mol. The van der Waals surface area contributed by atoms with Gasteiger partial charge in [0.05, 0.1) is 0 Å². The van der Waals surface area contributed by atoms with E-state index in [9.17, 15) is 0 Å². The molecule has 0 amide bonds. The molecule has 2 heteroatoms. The van der Waals surface area contributed by atoms with Crippen molar-refractivity contribution < 1.29 is 0 Å². The van der Waals surface area contributed by atoms with E-state index in [1.54, 1.807) is 5.56 Å². The third-order valence-corrected chi connectivity index (χ3v) is 5.50. The van der Waals surface area contributed by atoms with Crippen LogP contribution in [0.5, 0.6) is 0 Å². The van der Waals surface area contributed by atoms with E-state index in [0.29, 0.717) is 5.92 Å². The summed E-state index contributed by atoms with van der Waals surface area (Å²) in [5.74, 6) is 1.59. The molecule has 1 aromatic rings. The second kappa shape index (κ2) is 7.65. The van der Waals surface area contributed by atoms with Gasteiger partial charge >= 0.3 is 0 Å². The summed E-state index contributed by atoms with van der Waals surface area (Å²) in [5.41, 5.74) is 2.96. The second-order valence-electron chi connectivity index (χ2n) is 6.82. The highest BCUT2D eigenvalue weighted by molar-refractivity contribution is 7.27. The first-order chi connectivity index (χ1) is 9.61. The smallest absolute Gasteiger partial charge is 0.106 e. The van der Waals surface area contributed by atoms with Gasteiger partial charge in [0.15, 0.2) is 0 Å². The first-order valence-electron chi connectivity index (χ1n) is 8.49. The van der Waals surface area contributed by atoms with Crippen LogP contribution in [0.3, 0.4) is 0 Å². The normalized spacial score (nSPS) is 18.9. The van der Waals surface area contributed by atoms with E-state index in [1.807, 2.05) is 0 Å². The van der Waals surface area contributed by atoms with Crippen molar-refractivity contribution in [2.75, 3.05) is 0 Å². The van der Waals surface area contributed by atoms with Gasteiger partial charge in [-0.25, -0.2) is 0 Å². The van der Waals surface area contributed by atoms with Gasteiger partial charge in [0.25, 0.3) is 0 Å². The molecule has 0 saturated carbocycles. The van der Waals surface area contributed by atoms with Crippen LogP contribution in [0.15, 0.2) is 18.2 Å². The summed E-state index contributed by atoms with van der Waals surface area (Å²) >= 11 is 0. The van der Waals surface area contributed by atoms with Crippen molar-refractivity contribution in [1.82, 2.24) is 0 Å². The van der Waals surface area contributed by atoms with Crippen LogP contribution in [0.1, 0.15) is 63.0 Å². The molecular formula is C18H30BP. The third-order valence-electron chi connectivity index (χ3n) is 5.17. The van der Waals surface area contributed by atoms with Gasteiger partial charge in [0, 0.05) is 0 Å². The quantitative estimate of drug-likeness (QED) is 0.499. The van der Waals surface area contributed by atoms with Crippen LogP contribution < -0.4 is 5.30 Å². The second-order valence-corrected chi connectivity index (χ2v) is 7.48. The zero-order valence-electron chi connectivity index (χ0n) is 13.5. The summed E-state index contributed by atoms with van der Waals surface area (Å²) < 4.78 is 0. The molecule has 0 spiro atoms. The van der Waals surface area contributed by atoms with Crippen LogP contribution in [0.2, 0.25) is 18.5 Å².